The average Bonchev–Trinajstić information content (AvgIpc) is 2.80. The van der Waals surface area contributed by atoms with Crippen molar-refractivity contribution in [2.75, 3.05) is 0 Å². The van der Waals surface area contributed by atoms with E-state index in [1.54, 1.807) is 0 Å². The number of nitrogens with one attached hydrogen (secondary N) is 1. The molecule has 1 aromatic carbocycles. The van der Waals surface area contributed by atoms with Gasteiger partial charge in [-0.15, -0.1) is 0 Å². The maximum absolute atomic E-state index is 12.9. The molecule has 1 N–H and O–H groups in total. The van der Waals surface area contributed by atoms with Crippen LogP contribution in [0, 0.1) is 15.9 Å². The van der Waals surface area contributed by atoms with Gasteiger partial charge in [-0.2, -0.15) is 0 Å². The third-order valence-electron chi connectivity index (χ3n) is 3.18. The fraction of sp³-hybridized carbons (Fsp3) is 0.500. The Morgan fingerprint density at radius 3 is 2.76 bits per heavy atom. The standard InChI is InChI=1S/C12H15FN2O2/c13-10-6-5-9(12(7-10)15(16)17)8-14-11-3-1-2-4-11/h5-7,11,14H,1-4,8H2. The van der Waals surface area contributed by atoms with Crippen LogP contribution in [0.4, 0.5) is 10.1 Å². The molecular weight excluding hydrogens is 223 g/mol. The van der Waals surface area contributed by atoms with Crippen molar-refractivity contribution >= 4 is 5.69 Å². The maximum Gasteiger partial charge on any atom is 0.276 e. The van der Waals surface area contributed by atoms with Crippen LogP contribution in [0.5, 0.6) is 0 Å². The van der Waals surface area contributed by atoms with Gasteiger partial charge >= 0.3 is 0 Å². The lowest BCUT2D eigenvalue weighted by molar-refractivity contribution is -0.385. The highest BCUT2D eigenvalue weighted by Crippen LogP contribution is 2.22. The van der Waals surface area contributed by atoms with Crippen molar-refractivity contribution in [1.29, 1.82) is 0 Å². The Kier molecular flexibility index (Phi) is 3.68. The van der Waals surface area contributed by atoms with Crippen molar-refractivity contribution in [1.82, 2.24) is 5.32 Å². The fourth-order valence-electron chi connectivity index (χ4n) is 2.24. The zero-order chi connectivity index (χ0) is 12.3. The normalized spacial score (nSPS) is 16.3. The Hall–Kier alpha value is -1.49. The average molecular weight is 238 g/mol. The number of halogens is 1. The molecule has 0 bridgehead atoms. The minimum Gasteiger partial charge on any atom is -0.310 e. The molecule has 0 unspecified atom stereocenters. The lowest BCUT2D eigenvalue weighted by Gasteiger charge is -2.11. The summed E-state index contributed by atoms with van der Waals surface area (Å²) < 4.78 is 12.9. The van der Waals surface area contributed by atoms with Gasteiger partial charge in [0.25, 0.3) is 5.69 Å². The van der Waals surface area contributed by atoms with Crippen LogP contribution in [0.15, 0.2) is 18.2 Å². The number of hydrogen-bond donors (Lipinski definition) is 1. The molecule has 0 saturated heterocycles. The predicted octanol–water partition coefficient (Wildman–Crippen LogP) is 2.77. The van der Waals surface area contributed by atoms with E-state index in [0.717, 1.165) is 18.9 Å². The van der Waals surface area contributed by atoms with Crippen LogP contribution >= 0.6 is 0 Å². The van der Waals surface area contributed by atoms with Crippen LogP contribution in [0.25, 0.3) is 0 Å². The highest BCUT2D eigenvalue weighted by atomic mass is 19.1. The molecule has 1 fully saturated rings. The molecule has 1 saturated carbocycles. The molecule has 0 atom stereocenters. The van der Waals surface area contributed by atoms with Crippen molar-refractivity contribution in [2.24, 2.45) is 0 Å². The number of rotatable bonds is 4. The van der Waals surface area contributed by atoms with Gasteiger partial charge < -0.3 is 5.32 Å². The SMILES string of the molecule is O=[N+]([O-])c1cc(F)ccc1CNC1CCCC1. The second kappa shape index (κ2) is 5.23. The van der Waals surface area contributed by atoms with Gasteiger partial charge in [0.05, 0.1) is 11.0 Å². The number of benzene rings is 1. The Labute approximate surface area is 99.0 Å². The van der Waals surface area contributed by atoms with E-state index < -0.39 is 10.7 Å². The number of nitro benzene ring substituents is 1. The highest BCUT2D eigenvalue weighted by Gasteiger charge is 2.18. The largest absolute Gasteiger partial charge is 0.310 e. The first-order valence-electron chi connectivity index (χ1n) is 5.83. The summed E-state index contributed by atoms with van der Waals surface area (Å²) in [5, 5.41) is 14.1. The van der Waals surface area contributed by atoms with Crippen LogP contribution in [-0.2, 0) is 6.54 Å². The molecule has 0 aromatic heterocycles. The van der Waals surface area contributed by atoms with Gasteiger partial charge in [0.1, 0.15) is 5.82 Å². The second-order valence-electron chi connectivity index (χ2n) is 4.39. The maximum atomic E-state index is 12.9. The van der Waals surface area contributed by atoms with Crippen LogP contribution in [0.1, 0.15) is 31.2 Å². The summed E-state index contributed by atoms with van der Waals surface area (Å²) in [6, 6.07) is 4.17. The molecule has 0 amide bonds. The van der Waals surface area contributed by atoms with E-state index in [4.69, 9.17) is 0 Å². The summed E-state index contributed by atoms with van der Waals surface area (Å²) in [6.45, 7) is 0.432. The summed E-state index contributed by atoms with van der Waals surface area (Å²) >= 11 is 0. The first-order valence-corrected chi connectivity index (χ1v) is 5.83. The van der Waals surface area contributed by atoms with Gasteiger partial charge in [-0.3, -0.25) is 10.1 Å². The number of hydrogen-bond acceptors (Lipinski definition) is 3. The Bertz CT molecular complexity index is 417. The Balaban J connectivity index is 2.06. The molecular formula is C12H15FN2O2. The van der Waals surface area contributed by atoms with Gasteiger partial charge in [-0.05, 0) is 25.0 Å². The van der Waals surface area contributed by atoms with E-state index in [1.165, 1.54) is 25.0 Å². The molecule has 0 radical (unpaired) electrons. The Morgan fingerprint density at radius 2 is 2.12 bits per heavy atom. The smallest absolute Gasteiger partial charge is 0.276 e. The molecule has 1 aliphatic rings. The van der Waals surface area contributed by atoms with Crippen molar-refractivity contribution < 1.29 is 9.31 Å². The molecule has 1 aliphatic carbocycles. The molecule has 0 heterocycles. The quantitative estimate of drug-likeness (QED) is 0.648. The van der Waals surface area contributed by atoms with E-state index >= 15 is 0 Å². The molecule has 92 valence electrons. The van der Waals surface area contributed by atoms with E-state index in [9.17, 15) is 14.5 Å². The van der Waals surface area contributed by atoms with E-state index in [1.807, 2.05) is 0 Å². The summed E-state index contributed by atoms with van der Waals surface area (Å²) in [5.41, 5.74) is 0.402. The summed E-state index contributed by atoms with van der Waals surface area (Å²) in [7, 11) is 0. The van der Waals surface area contributed by atoms with E-state index in [2.05, 4.69) is 5.32 Å². The molecule has 17 heavy (non-hydrogen) atoms. The number of nitro groups is 1. The minimum atomic E-state index is -0.568. The fourth-order valence-corrected chi connectivity index (χ4v) is 2.24. The minimum absolute atomic E-state index is 0.143. The van der Waals surface area contributed by atoms with E-state index in [-0.39, 0.29) is 5.69 Å². The van der Waals surface area contributed by atoms with Gasteiger partial charge in [-0.25, -0.2) is 4.39 Å². The first-order chi connectivity index (χ1) is 8.16. The molecule has 4 nitrogen and oxygen atoms in total. The van der Waals surface area contributed by atoms with Crippen molar-refractivity contribution in [3.63, 3.8) is 0 Å². The highest BCUT2D eigenvalue weighted by molar-refractivity contribution is 5.40. The number of nitrogens with zero attached hydrogens (tertiary/aromatic N) is 1. The predicted molar refractivity (Wildman–Crippen MR) is 62.2 cm³/mol. The van der Waals surface area contributed by atoms with Crippen LogP contribution < -0.4 is 5.32 Å². The van der Waals surface area contributed by atoms with Gasteiger partial charge in [0.15, 0.2) is 0 Å². The lowest BCUT2D eigenvalue weighted by atomic mass is 10.1. The zero-order valence-corrected chi connectivity index (χ0v) is 9.49. The molecule has 2 rings (SSSR count). The second-order valence-corrected chi connectivity index (χ2v) is 4.39. The van der Waals surface area contributed by atoms with Crippen LogP contribution in [0.2, 0.25) is 0 Å². The third-order valence-corrected chi connectivity index (χ3v) is 3.18. The Morgan fingerprint density at radius 1 is 1.41 bits per heavy atom. The first kappa shape index (κ1) is 12.0. The van der Waals surface area contributed by atoms with Crippen molar-refractivity contribution in [2.45, 2.75) is 38.3 Å². The monoisotopic (exact) mass is 238 g/mol. The molecule has 5 heteroatoms. The van der Waals surface area contributed by atoms with Gasteiger partial charge in [-0.1, -0.05) is 12.8 Å². The van der Waals surface area contributed by atoms with Gasteiger partial charge in [0, 0.05) is 18.2 Å². The van der Waals surface area contributed by atoms with E-state index in [0.29, 0.717) is 18.2 Å². The summed E-state index contributed by atoms with van der Waals surface area (Å²) in [5.74, 6) is -0.568. The van der Waals surface area contributed by atoms with Gasteiger partial charge in [0.2, 0.25) is 0 Å². The lowest BCUT2D eigenvalue weighted by Crippen LogP contribution is -2.25. The third kappa shape index (κ3) is 3.00. The summed E-state index contributed by atoms with van der Waals surface area (Å²) in [4.78, 5) is 10.2. The molecule has 0 aliphatic heterocycles. The molecule has 1 aromatic rings. The summed E-state index contributed by atoms with van der Waals surface area (Å²) in [6.07, 6.45) is 4.66. The van der Waals surface area contributed by atoms with Crippen molar-refractivity contribution in [3.05, 3.63) is 39.7 Å². The van der Waals surface area contributed by atoms with Crippen molar-refractivity contribution in [3.8, 4) is 0 Å². The zero-order valence-electron chi connectivity index (χ0n) is 9.49. The molecule has 0 spiro atoms. The van der Waals surface area contributed by atoms with Crippen LogP contribution in [0.3, 0.4) is 0 Å². The topological polar surface area (TPSA) is 55.2 Å². The van der Waals surface area contributed by atoms with Crippen LogP contribution in [-0.4, -0.2) is 11.0 Å².